The van der Waals surface area contributed by atoms with E-state index in [1.165, 1.54) is 0 Å². The second-order valence-corrected chi connectivity index (χ2v) is 6.53. The zero-order valence-electron chi connectivity index (χ0n) is 16.5. The number of hydrogen-bond donors (Lipinski definition) is 2. The molecule has 0 fully saturated rings. The first kappa shape index (κ1) is 19.5. The molecule has 1 amide bonds. The summed E-state index contributed by atoms with van der Waals surface area (Å²) in [5.74, 6) is 1.62. The molecule has 0 bridgehead atoms. The van der Waals surface area contributed by atoms with E-state index >= 15 is 0 Å². The Morgan fingerprint density at radius 2 is 2.04 bits per heavy atom. The molecule has 0 unspecified atom stereocenters. The van der Waals surface area contributed by atoms with Crippen molar-refractivity contribution in [2.75, 3.05) is 12.4 Å². The molecule has 0 radical (unpaired) electrons. The van der Waals surface area contributed by atoms with Crippen molar-refractivity contribution in [2.45, 2.75) is 32.9 Å². The van der Waals surface area contributed by atoms with Crippen LogP contribution in [-0.4, -0.2) is 28.6 Å². The maximum Gasteiger partial charge on any atom is 0.242 e. The van der Waals surface area contributed by atoms with Gasteiger partial charge in [-0.15, -0.1) is 0 Å². The Morgan fingerprint density at radius 3 is 2.75 bits per heavy atom. The minimum Gasteiger partial charge on any atom is -0.497 e. The lowest BCUT2D eigenvalue weighted by Gasteiger charge is -2.19. The fourth-order valence-electron chi connectivity index (χ4n) is 3.10. The molecule has 0 aliphatic rings. The van der Waals surface area contributed by atoms with Crippen LogP contribution >= 0.6 is 0 Å². The maximum absolute atomic E-state index is 12.7. The molecule has 6 heteroatoms. The van der Waals surface area contributed by atoms with Crippen LogP contribution in [0.2, 0.25) is 0 Å². The number of rotatable bonds is 8. The second kappa shape index (κ2) is 9.08. The van der Waals surface area contributed by atoms with Gasteiger partial charge in [0.1, 0.15) is 17.6 Å². The minimum absolute atomic E-state index is 0.0394. The second-order valence-electron chi connectivity index (χ2n) is 6.53. The largest absolute Gasteiger partial charge is 0.497 e. The first-order valence-electron chi connectivity index (χ1n) is 9.39. The van der Waals surface area contributed by atoms with E-state index in [-0.39, 0.29) is 11.9 Å². The van der Waals surface area contributed by atoms with E-state index in [0.717, 1.165) is 28.5 Å². The molecule has 1 heterocycles. The van der Waals surface area contributed by atoms with Crippen LogP contribution in [0.3, 0.4) is 0 Å². The summed E-state index contributed by atoms with van der Waals surface area (Å²) in [7, 11) is 1.63. The average molecular weight is 378 g/mol. The summed E-state index contributed by atoms with van der Waals surface area (Å²) in [6.45, 7) is 4.39. The van der Waals surface area contributed by atoms with E-state index < -0.39 is 0 Å². The van der Waals surface area contributed by atoms with Gasteiger partial charge in [-0.3, -0.25) is 4.79 Å². The Balaban J connectivity index is 1.68. The van der Waals surface area contributed by atoms with Crippen LogP contribution in [0.15, 0.2) is 60.9 Å². The molecular formula is C22H26N4O2. The fraction of sp³-hybridized carbons (Fsp3) is 0.273. The van der Waals surface area contributed by atoms with E-state index in [0.29, 0.717) is 13.0 Å². The average Bonchev–Trinajstić information content (AvgIpc) is 3.16. The van der Waals surface area contributed by atoms with Crippen molar-refractivity contribution in [1.82, 2.24) is 14.9 Å². The molecule has 1 aromatic heterocycles. The van der Waals surface area contributed by atoms with E-state index in [1.54, 1.807) is 13.3 Å². The number of benzene rings is 2. The fourth-order valence-corrected chi connectivity index (χ4v) is 3.10. The quantitative estimate of drug-likeness (QED) is 0.627. The first-order valence-corrected chi connectivity index (χ1v) is 9.39. The lowest BCUT2D eigenvalue weighted by Crippen LogP contribution is -2.39. The van der Waals surface area contributed by atoms with Crippen molar-refractivity contribution >= 4 is 11.6 Å². The SMILES string of the molecule is CC[C@H](Nc1cccc(OC)c1)C(=O)NCc1ccccc1-n1ccnc1C. The molecule has 0 aliphatic heterocycles. The van der Waals surface area contributed by atoms with Gasteiger partial charge in [0.15, 0.2) is 0 Å². The highest BCUT2D eigenvalue weighted by Gasteiger charge is 2.17. The monoisotopic (exact) mass is 378 g/mol. The number of para-hydroxylation sites is 1. The predicted octanol–water partition coefficient (Wildman–Crippen LogP) is 3.70. The van der Waals surface area contributed by atoms with Gasteiger partial charge in [0.05, 0.1) is 12.8 Å². The van der Waals surface area contributed by atoms with E-state index in [9.17, 15) is 4.79 Å². The van der Waals surface area contributed by atoms with Crippen molar-refractivity contribution < 1.29 is 9.53 Å². The van der Waals surface area contributed by atoms with Crippen molar-refractivity contribution in [3.8, 4) is 11.4 Å². The molecule has 3 rings (SSSR count). The normalized spacial score (nSPS) is 11.7. The zero-order valence-corrected chi connectivity index (χ0v) is 16.5. The topological polar surface area (TPSA) is 68.2 Å². The number of anilines is 1. The Kier molecular flexibility index (Phi) is 6.32. The smallest absolute Gasteiger partial charge is 0.242 e. The lowest BCUT2D eigenvalue weighted by atomic mass is 10.1. The van der Waals surface area contributed by atoms with Gasteiger partial charge < -0.3 is 19.9 Å². The van der Waals surface area contributed by atoms with Gasteiger partial charge in [-0.05, 0) is 37.1 Å². The van der Waals surface area contributed by atoms with Gasteiger partial charge in [0, 0.05) is 30.7 Å². The third-order valence-electron chi connectivity index (χ3n) is 4.67. The first-order chi connectivity index (χ1) is 13.6. The Bertz CT molecular complexity index is 936. The van der Waals surface area contributed by atoms with Crippen LogP contribution in [0, 0.1) is 6.92 Å². The highest BCUT2D eigenvalue weighted by molar-refractivity contribution is 5.84. The summed E-state index contributed by atoms with van der Waals surface area (Å²) >= 11 is 0. The summed E-state index contributed by atoms with van der Waals surface area (Å²) in [5.41, 5.74) is 2.91. The van der Waals surface area contributed by atoms with Gasteiger partial charge >= 0.3 is 0 Å². The van der Waals surface area contributed by atoms with Gasteiger partial charge in [-0.1, -0.05) is 31.2 Å². The molecule has 28 heavy (non-hydrogen) atoms. The molecule has 1 atom stereocenters. The number of aromatic nitrogens is 2. The Hall–Kier alpha value is -3.28. The number of nitrogens with zero attached hydrogens (tertiary/aromatic N) is 2. The number of carbonyl (C=O) groups excluding carboxylic acids is 1. The number of nitrogens with one attached hydrogen (secondary N) is 2. The van der Waals surface area contributed by atoms with Crippen LogP contribution in [0.4, 0.5) is 5.69 Å². The van der Waals surface area contributed by atoms with Crippen LogP contribution in [0.25, 0.3) is 5.69 Å². The summed E-state index contributed by atoms with van der Waals surface area (Å²) in [5, 5.41) is 6.34. The van der Waals surface area contributed by atoms with Gasteiger partial charge in [0.2, 0.25) is 5.91 Å². The number of aryl methyl sites for hydroxylation is 1. The maximum atomic E-state index is 12.7. The molecule has 0 saturated heterocycles. The number of methoxy groups -OCH3 is 1. The van der Waals surface area contributed by atoms with E-state index in [4.69, 9.17) is 4.74 Å². The van der Waals surface area contributed by atoms with Crippen molar-refractivity contribution in [2.24, 2.45) is 0 Å². The van der Waals surface area contributed by atoms with Gasteiger partial charge in [-0.2, -0.15) is 0 Å². The number of hydrogen-bond acceptors (Lipinski definition) is 4. The number of amides is 1. The third kappa shape index (κ3) is 4.52. The van der Waals surface area contributed by atoms with E-state index in [2.05, 4.69) is 15.6 Å². The molecule has 0 spiro atoms. The summed E-state index contributed by atoms with van der Waals surface area (Å²) in [6, 6.07) is 15.3. The van der Waals surface area contributed by atoms with Gasteiger partial charge in [0.25, 0.3) is 0 Å². The molecule has 3 aromatic rings. The molecule has 2 N–H and O–H groups in total. The van der Waals surface area contributed by atoms with Crippen LogP contribution in [-0.2, 0) is 11.3 Å². The lowest BCUT2D eigenvalue weighted by molar-refractivity contribution is -0.122. The van der Waals surface area contributed by atoms with Crippen molar-refractivity contribution in [1.29, 1.82) is 0 Å². The minimum atomic E-state index is -0.325. The zero-order chi connectivity index (χ0) is 19.9. The summed E-state index contributed by atoms with van der Waals surface area (Å²) in [4.78, 5) is 17.0. The predicted molar refractivity (Wildman–Crippen MR) is 111 cm³/mol. The number of carbonyl (C=O) groups is 1. The Labute approximate surface area is 165 Å². The number of imidazole rings is 1. The highest BCUT2D eigenvalue weighted by Crippen LogP contribution is 2.19. The van der Waals surface area contributed by atoms with Crippen LogP contribution in [0.5, 0.6) is 5.75 Å². The molecular weight excluding hydrogens is 352 g/mol. The summed E-state index contributed by atoms with van der Waals surface area (Å²) < 4.78 is 7.27. The standard InChI is InChI=1S/C22H26N4O2/c1-4-20(25-18-9-7-10-19(14-18)28-3)22(27)24-15-17-8-5-6-11-21(17)26-13-12-23-16(26)2/h5-14,20,25H,4,15H2,1-3H3,(H,24,27)/t20-/m0/s1. The number of ether oxygens (including phenoxy) is 1. The Morgan fingerprint density at radius 1 is 1.21 bits per heavy atom. The third-order valence-corrected chi connectivity index (χ3v) is 4.67. The van der Waals surface area contributed by atoms with Gasteiger partial charge in [-0.25, -0.2) is 4.98 Å². The highest BCUT2D eigenvalue weighted by atomic mass is 16.5. The summed E-state index contributed by atoms with van der Waals surface area (Å²) in [6.07, 6.45) is 4.37. The molecule has 2 aromatic carbocycles. The van der Waals surface area contributed by atoms with E-state index in [1.807, 2.05) is 73.1 Å². The van der Waals surface area contributed by atoms with Crippen LogP contribution < -0.4 is 15.4 Å². The molecule has 146 valence electrons. The molecule has 0 aliphatic carbocycles. The van der Waals surface area contributed by atoms with Crippen molar-refractivity contribution in [3.05, 3.63) is 72.3 Å². The molecule has 0 saturated carbocycles. The van der Waals surface area contributed by atoms with Crippen LogP contribution in [0.1, 0.15) is 24.7 Å². The van der Waals surface area contributed by atoms with Crippen molar-refractivity contribution in [3.63, 3.8) is 0 Å². The molecule has 6 nitrogen and oxygen atoms in total.